The van der Waals surface area contributed by atoms with Crippen LogP contribution in [0.1, 0.15) is 6.92 Å². The van der Waals surface area contributed by atoms with E-state index in [2.05, 4.69) is 15.9 Å². The maximum Gasteiger partial charge on any atom is 0.347 e. The minimum atomic E-state index is -1.09. The smallest absolute Gasteiger partial charge is 0.347 e. The molecule has 4 aromatic rings. The van der Waals surface area contributed by atoms with Gasteiger partial charge in [-0.3, -0.25) is 10.1 Å². The number of nitro benzene ring substituents is 1. The number of nitro groups is 1. The van der Waals surface area contributed by atoms with Crippen LogP contribution in [-0.4, -0.2) is 30.2 Å². The Morgan fingerprint density at radius 1 is 1.12 bits per heavy atom. The molecule has 0 radical (unpaired) electrons. The normalized spacial score (nSPS) is 12.0. The fraction of sp³-hybridized carbons (Fsp3) is 0.174. The van der Waals surface area contributed by atoms with Crippen LogP contribution in [0.15, 0.2) is 63.5 Å². The minimum absolute atomic E-state index is 0.0291. The van der Waals surface area contributed by atoms with E-state index in [1.54, 1.807) is 36.4 Å². The Morgan fingerprint density at radius 3 is 2.67 bits per heavy atom. The van der Waals surface area contributed by atoms with Crippen molar-refractivity contribution in [3.63, 3.8) is 0 Å². The van der Waals surface area contributed by atoms with Gasteiger partial charge in [-0.15, -0.1) is 0 Å². The van der Waals surface area contributed by atoms with Crippen LogP contribution in [0.25, 0.3) is 21.9 Å². The first-order chi connectivity index (χ1) is 15.8. The Balaban J connectivity index is 1.45. The Morgan fingerprint density at radius 2 is 1.91 bits per heavy atom. The number of esters is 1. The van der Waals surface area contributed by atoms with Crippen LogP contribution in [0.2, 0.25) is 5.02 Å². The van der Waals surface area contributed by atoms with Gasteiger partial charge in [0.25, 0.3) is 0 Å². The third-order valence-electron chi connectivity index (χ3n) is 4.74. The van der Waals surface area contributed by atoms with Gasteiger partial charge in [0.1, 0.15) is 30.1 Å². The Kier molecular flexibility index (Phi) is 6.71. The van der Waals surface area contributed by atoms with Crippen molar-refractivity contribution in [3.05, 3.63) is 74.2 Å². The molecule has 4 rings (SSSR count). The van der Waals surface area contributed by atoms with Gasteiger partial charge in [-0.05, 0) is 43.3 Å². The summed E-state index contributed by atoms with van der Waals surface area (Å²) in [5, 5.41) is 13.5. The molecule has 1 unspecified atom stereocenters. The number of fused-ring (bicyclic) bond motifs is 3. The zero-order valence-corrected chi connectivity index (χ0v) is 19.6. The standard InChI is InChI=1S/C23H17BrClNO7/c1-13(23(27)31-8-7-30-16-4-2-3-15(25)10-16)32-22-12-21-18(11-19(22)26(28)29)17-6-5-14(24)9-20(17)33-21/h2-6,9-13H,7-8H2,1H3. The summed E-state index contributed by atoms with van der Waals surface area (Å²) in [7, 11) is 0. The van der Waals surface area contributed by atoms with E-state index in [0.717, 1.165) is 9.86 Å². The number of carbonyl (C=O) groups excluding carboxylic acids is 1. The van der Waals surface area contributed by atoms with Gasteiger partial charge in [0.05, 0.1) is 4.92 Å². The number of hydrogen-bond donors (Lipinski definition) is 0. The number of hydrogen-bond acceptors (Lipinski definition) is 7. The number of benzene rings is 3. The summed E-state index contributed by atoms with van der Waals surface area (Å²) in [6, 6.07) is 15.0. The van der Waals surface area contributed by atoms with Crippen molar-refractivity contribution in [1.82, 2.24) is 0 Å². The summed E-state index contributed by atoms with van der Waals surface area (Å²) in [5.74, 6) is -0.234. The van der Waals surface area contributed by atoms with Crippen LogP contribution >= 0.6 is 27.5 Å². The van der Waals surface area contributed by atoms with Gasteiger partial charge in [0.15, 0.2) is 6.10 Å². The molecule has 33 heavy (non-hydrogen) atoms. The average molecular weight is 535 g/mol. The Hall–Kier alpha value is -3.30. The second-order valence-corrected chi connectivity index (χ2v) is 8.40. The number of ether oxygens (including phenoxy) is 3. The molecular formula is C23H17BrClNO7. The van der Waals surface area contributed by atoms with E-state index >= 15 is 0 Å². The summed E-state index contributed by atoms with van der Waals surface area (Å²) < 4.78 is 22.8. The second kappa shape index (κ2) is 9.68. The van der Waals surface area contributed by atoms with E-state index in [9.17, 15) is 14.9 Å². The molecule has 8 nitrogen and oxygen atoms in total. The van der Waals surface area contributed by atoms with Crippen LogP contribution in [0.4, 0.5) is 5.69 Å². The van der Waals surface area contributed by atoms with E-state index in [4.69, 9.17) is 30.2 Å². The van der Waals surface area contributed by atoms with Crippen LogP contribution in [-0.2, 0) is 9.53 Å². The fourth-order valence-electron chi connectivity index (χ4n) is 3.22. The van der Waals surface area contributed by atoms with Crippen LogP contribution in [0.3, 0.4) is 0 Å². The highest BCUT2D eigenvalue weighted by Crippen LogP contribution is 2.38. The molecule has 3 aromatic carbocycles. The molecular weight excluding hydrogens is 518 g/mol. The third-order valence-corrected chi connectivity index (χ3v) is 5.47. The minimum Gasteiger partial charge on any atom is -0.490 e. The first kappa shape index (κ1) is 22.9. The van der Waals surface area contributed by atoms with Crippen molar-refractivity contribution >= 4 is 61.1 Å². The molecule has 0 aliphatic rings. The zero-order valence-electron chi connectivity index (χ0n) is 17.2. The molecule has 1 atom stereocenters. The van der Waals surface area contributed by atoms with Crippen molar-refractivity contribution in [2.45, 2.75) is 13.0 Å². The van der Waals surface area contributed by atoms with E-state index in [1.165, 1.54) is 19.1 Å². The van der Waals surface area contributed by atoms with Crippen molar-refractivity contribution < 1.29 is 28.3 Å². The summed E-state index contributed by atoms with van der Waals surface area (Å²) in [6.45, 7) is 1.53. The monoisotopic (exact) mass is 533 g/mol. The van der Waals surface area contributed by atoms with E-state index < -0.39 is 17.0 Å². The highest BCUT2D eigenvalue weighted by Gasteiger charge is 2.25. The third kappa shape index (κ3) is 5.20. The van der Waals surface area contributed by atoms with Gasteiger partial charge in [-0.2, -0.15) is 0 Å². The van der Waals surface area contributed by atoms with Gasteiger partial charge >= 0.3 is 11.7 Å². The number of carbonyl (C=O) groups is 1. The zero-order chi connectivity index (χ0) is 23.5. The quantitative estimate of drug-likeness (QED) is 0.113. The first-order valence-electron chi connectivity index (χ1n) is 9.83. The molecule has 1 heterocycles. The maximum absolute atomic E-state index is 12.3. The van der Waals surface area contributed by atoms with Gasteiger partial charge in [-0.25, -0.2) is 4.79 Å². The van der Waals surface area contributed by atoms with Crippen molar-refractivity contribution in [3.8, 4) is 11.5 Å². The average Bonchev–Trinajstić information content (AvgIpc) is 3.12. The molecule has 0 saturated heterocycles. The second-order valence-electron chi connectivity index (χ2n) is 7.05. The summed E-state index contributed by atoms with van der Waals surface area (Å²) in [6.07, 6.45) is -1.09. The lowest BCUT2D eigenvalue weighted by atomic mass is 10.1. The van der Waals surface area contributed by atoms with Crippen LogP contribution in [0, 0.1) is 10.1 Å². The predicted molar refractivity (Wildman–Crippen MR) is 126 cm³/mol. The van der Waals surface area contributed by atoms with E-state index in [0.29, 0.717) is 27.3 Å². The van der Waals surface area contributed by atoms with E-state index in [1.807, 2.05) is 6.07 Å². The lowest BCUT2D eigenvalue weighted by Crippen LogP contribution is -2.27. The SMILES string of the molecule is CC(Oc1cc2oc3cc(Br)ccc3c2cc1[N+](=O)[O-])C(=O)OCCOc1cccc(Cl)c1. The van der Waals surface area contributed by atoms with Gasteiger partial charge in [-0.1, -0.05) is 33.6 Å². The molecule has 0 aliphatic heterocycles. The molecule has 10 heteroatoms. The van der Waals surface area contributed by atoms with Crippen molar-refractivity contribution in [1.29, 1.82) is 0 Å². The summed E-state index contributed by atoms with van der Waals surface area (Å²) >= 11 is 9.26. The van der Waals surface area contributed by atoms with Crippen LogP contribution in [0.5, 0.6) is 11.5 Å². The Bertz CT molecular complexity index is 1350. The molecule has 1 aromatic heterocycles. The molecule has 0 saturated carbocycles. The molecule has 0 fully saturated rings. The molecule has 0 amide bonds. The van der Waals surface area contributed by atoms with Crippen molar-refractivity contribution in [2.75, 3.05) is 13.2 Å². The molecule has 0 aliphatic carbocycles. The highest BCUT2D eigenvalue weighted by atomic mass is 79.9. The number of rotatable bonds is 8. The molecule has 0 spiro atoms. The number of halogens is 2. The van der Waals surface area contributed by atoms with Crippen molar-refractivity contribution in [2.24, 2.45) is 0 Å². The highest BCUT2D eigenvalue weighted by molar-refractivity contribution is 9.10. The summed E-state index contributed by atoms with van der Waals surface area (Å²) in [5.41, 5.74) is 0.689. The number of furan rings is 1. The lowest BCUT2D eigenvalue weighted by molar-refractivity contribution is -0.385. The lowest BCUT2D eigenvalue weighted by Gasteiger charge is -2.14. The van der Waals surface area contributed by atoms with Crippen LogP contribution < -0.4 is 9.47 Å². The maximum atomic E-state index is 12.3. The predicted octanol–water partition coefficient (Wildman–Crippen LogP) is 6.30. The molecule has 170 valence electrons. The largest absolute Gasteiger partial charge is 0.490 e. The number of nitrogens with zero attached hydrogens (tertiary/aromatic N) is 1. The molecule has 0 N–H and O–H groups in total. The van der Waals surface area contributed by atoms with Gasteiger partial charge < -0.3 is 18.6 Å². The van der Waals surface area contributed by atoms with Gasteiger partial charge in [0.2, 0.25) is 5.75 Å². The summed E-state index contributed by atoms with van der Waals surface area (Å²) in [4.78, 5) is 23.4. The van der Waals surface area contributed by atoms with Gasteiger partial charge in [0, 0.05) is 32.4 Å². The topological polar surface area (TPSA) is 101 Å². The molecule has 0 bridgehead atoms. The van der Waals surface area contributed by atoms with E-state index in [-0.39, 0.29) is 24.7 Å². The fourth-order valence-corrected chi connectivity index (χ4v) is 3.74. The first-order valence-corrected chi connectivity index (χ1v) is 11.0. The Labute approximate surface area is 201 Å².